The van der Waals surface area contributed by atoms with Crippen molar-refractivity contribution in [1.82, 2.24) is 14.9 Å². The molecular formula is C23H26FN3O5S. The van der Waals surface area contributed by atoms with E-state index in [2.05, 4.69) is 14.5 Å². The van der Waals surface area contributed by atoms with E-state index in [4.69, 9.17) is 4.98 Å². The van der Waals surface area contributed by atoms with Crippen molar-refractivity contribution in [2.24, 2.45) is 0 Å². The molecule has 1 atom stereocenters. The lowest BCUT2D eigenvalue weighted by atomic mass is 9.90. The number of benzene rings is 1. The SMILES string of the molecule is COC(=O)CCC(=O)N1CCC[C@@H](c2nc(SCC(=O)OC)ncc2-c2ccc(F)cc2)C1. The zero-order chi connectivity index (χ0) is 23.8. The summed E-state index contributed by atoms with van der Waals surface area (Å²) < 4.78 is 22.8. The predicted molar refractivity (Wildman–Crippen MR) is 120 cm³/mol. The molecule has 0 spiro atoms. The Morgan fingerprint density at radius 3 is 2.55 bits per heavy atom. The third-order valence-corrected chi connectivity index (χ3v) is 6.26. The first-order valence-electron chi connectivity index (χ1n) is 10.6. The summed E-state index contributed by atoms with van der Waals surface area (Å²) in [5.74, 6) is -1.24. The van der Waals surface area contributed by atoms with Crippen LogP contribution in [-0.4, -0.2) is 65.8 Å². The Morgan fingerprint density at radius 2 is 1.85 bits per heavy atom. The van der Waals surface area contributed by atoms with E-state index < -0.39 is 5.97 Å². The van der Waals surface area contributed by atoms with Gasteiger partial charge in [-0.1, -0.05) is 23.9 Å². The van der Waals surface area contributed by atoms with Crippen molar-refractivity contribution in [3.63, 3.8) is 0 Å². The average Bonchev–Trinajstić information content (AvgIpc) is 2.86. The second-order valence-electron chi connectivity index (χ2n) is 7.58. The first kappa shape index (κ1) is 24.6. The molecule has 0 saturated carbocycles. The molecule has 176 valence electrons. The van der Waals surface area contributed by atoms with E-state index in [0.717, 1.165) is 29.7 Å². The molecule has 2 aromatic rings. The number of nitrogens with zero attached hydrogens (tertiary/aromatic N) is 3. The molecule has 0 aliphatic carbocycles. The smallest absolute Gasteiger partial charge is 0.316 e. The number of carbonyl (C=O) groups excluding carboxylic acids is 3. The Balaban J connectivity index is 1.85. The van der Waals surface area contributed by atoms with Gasteiger partial charge >= 0.3 is 11.9 Å². The number of hydrogen-bond donors (Lipinski definition) is 0. The van der Waals surface area contributed by atoms with Crippen molar-refractivity contribution >= 4 is 29.6 Å². The lowest BCUT2D eigenvalue weighted by Gasteiger charge is -2.33. The minimum atomic E-state index is -0.418. The molecule has 10 heteroatoms. The fourth-order valence-electron chi connectivity index (χ4n) is 3.69. The van der Waals surface area contributed by atoms with Gasteiger partial charge in [0.15, 0.2) is 5.16 Å². The Labute approximate surface area is 195 Å². The normalized spacial score (nSPS) is 15.7. The molecule has 0 radical (unpaired) electrons. The van der Waals surface area contributed by atoms with Crippen molar-refractivity contribution in [2.75, 3.05) is 33.1 Å². The van der Waals surface area contributed by atoms with E-state index in [1.54, 1.807) is 23.2 Å². The summed E-state index contributed by atoms with van der Waals surface area (Å²) >= 11 is 1.17. The van der Waals surface area contributed by atoms with Gasteiger partial charge in [0.1, 0.15) is 5.82 Å². The zero-order valence-electron chi connectivity index (χ0n) is 18.6. The predicted octanol–water partition coefficient (Wildman–Crippen LogP) is 3.21. The highest BCUT2D eigenvalue weighted by molar-refractivity contribution is 7.99. The van der Waals surface area contributed by atoms with Crippen LogP contribution >= 0.6 is 11.8 Å². The van der Waals surface area contributed by atoms with E-state index in [0.29, 0.717) is 18.2 Å². The van der Waals surface area contributed by atoms with E-state index >= 15 is 0 Å². The number of likely N-dealkylation sites (tertiary alicyclic amines) is 1. The zero-order valence-corrected chi connectivity index (χ0v) is 19.4. The molecule has 1 amide bonds. The second-order valence-corrected chi connectivity index (χ2v) is 8.52. The number of halogens is 1. The Morgan fingerprint density at radius 1 is 1.12 bits per heavy atom. The van der Waals surface area contributed by atoms with Gasteiger partial charge in [0.2, 0.25) is 5.91 Å². The van der Waals surface area contributed by atoms with Gasteiger partial charge in [0.05, 0.1) is 32.1 Å². The van der Waals surface area contributed by atoms with Crippen LogP contribution in [0.3, 0.4) is 0 Å². The molecule has 8 nitrogen and oxygen atoms in total. The molecule has 1 aliphatic rings. The van der Waals surface area contributed by atoms with Gasteiger partial charge in [-0.15, -0.1) is 0 Å². The molecule has 1 aromatic heterocycles. The summed E-state index contributed by atoms with van der Waals surface area (Å²) in [4.78, 5) is 46.4. The van der Waals surface area contributed by atoms with Crippen LogP contribution < -0.4 is 0 Å². The van der Waals surface area contributed by atoms with Crippen LogP contribution in [0.25, 0.3) is 11.1 Å². The van der Waals surface area contributed by atoms with E-state index in [-0.39, 0.29) is 42.2 Å². The van der Waals surface area contributed by atoms with Crippen molar-refractivity contribution in [3.05, 3.63) is 42.0 Å². The highest BCUT2D eigenvalue weighted by atomic mass is 32.2. The maximum Gasteiger partial charge on any atom is 0.316 e. The number of rotatable bonds is 8. The molecule has 1 fully saturated rings. The maximum absolute atomic E-state index is 13.5. The van der Waals surface area contributed by atoms with E-state index in [1.165, 1.54) is 38.1 Å². The number of amides is 1. The highest BCUT2D eigenvalue weighted by Crippen LogP contribution is 2.34. The van der Waals surface area contributed by atoms with Crippen LogP contribution in [0.2, 0.25) is 0 Å². The standard InChI is InChI=1S/C23H26FN3O5S/c1-31-20(29)10-9-19(28)27-11-3-4-16(13-27)22-18(15-5-7-17(24)8-6-15)12-25-23(26-22)33-14-21(30)32-2/h5-8,12,16H,3-4,9-11,13-14H2,1-2H3/t16-/m1/s1. The summed E-state index contributed by atoms with van der Waals surface area (Å²) in [5, 5.41) is 0.426. The van der Waals surface area contributed by atoms with Gasteiger partial charge in [-0.3, -0.25) is 14.4 Å². The first-order valence-corrected chi connectivity index (χ1v) is 11.6. The van der Waals surface area contributed by atoms with Crippen LogP contribution in [0.4, 0.5) is 4.39 Å². The minimum Gasteiger partial charge on any atom is -0.469 e. The summed E-state index contributed by atoms with van der Waals surface area (Å²) in [6, 6.07) is 6.09. The van der Waals surface area contributed by atoms with Crippen molar-refractivity contribution in [2.45, 2.75) is 36.8 Å². The third kappa shape index (κ3) is 6.74. The molecular weight excluding hydrogens is 449 g/mol. The quantitative estimate of drug-likeness (QED) is 0.326. The number of piperidine rings is 1. The topological polar surface area (TPSA) is 98.7 Å². The second kappa shape index (κ2) is 11.7. The molecule has 1 saturated heterocycles. The Hall–Kier alpha value is -3.01. The summed E-state index contributed by atoms with van der Waals surface area (Å²) in [5.41, 5.74) is 2.27. The molecule has 2 heterocycles. The monoisotopic (exact) mass is 475 g/mol. The van der Waals surface area contributed by atoms with Gasteiger partial charge < -0.3 is 14.4 Å². The number of methoxy groups -OCH3 is 2. The number of aromatic nitrogens is 2. The first-order chi connectivity index (χ1) is 15.9. The van der Waals surface area contributed by atoms with Gasteiger partial charge in [-0.05, 0) is 30.5 Å². The number of thioether (sulfide) groups is 1. The summed E-state index contributed by atoms with van der Waals surface area (Å²) in [7, 11) is 2.62. The number of esters is 2. The number of hydrogen-bond acceptors (Lipinski definition) is 8. The van der Waals surface area contributed by atoms with Crippen LogP contribution in [0.5, 0.6) is 0 Å². The Kier molecular flexibility index (Phi) is 8.76. The van der Waals surface area contributed by atoms with Gasteiger partial charge in [0, 0.05) is 37.2 Å². The minimum absolute atomic E-state index is 0.0408. The van der Waals surface area contributed by atoms with Crippen molar-refractivity contribution < 1.29 is 28.2 Å². The van der Waals surface area contributed by atoms with E-state index in [1.807, 2.05) is 0 Å². The summed E-state index contributed by atoms with van der Waals surface area (Å²) in [6.07, 6.45) is 3.40. The summed E-state index contributed by atoms with van der Waals surface area (Å²) in [6.45, 7) is 1.06. The van der Waals surface area contributed by atoms with Crippen LogP contribution in [0.1, 0.15) is 37.3 Å². The molecule has 3 rings (SSSR count). The molecule has 0 unspecified atom stereocenters. The molecule has 0 bridgehead atoms. The van der Waals surface area contributed by atoms with Crippen molar-refractivity contribution in [3.8, 4) is 11.1 Å². The van der Waals surface area contributed by atoms with Crippen LogP contribution in [0.15, 0.2) is 35.6 Å². The molecule has 1 aliphatic heterocycles. The fraction of sp³-hybridized carbons (Fsp3) is 0.435. The number of carbonyl (C=O) groups is 3. The van der Waals surface area contributed by atoms with Gasteiger partial charge in [-0.25, -0.2) is 14.4 Å². The van der Waals surface area contributed by atoms with E-state index in [9.17, 15) is 18.8 Å². The van der Waals surface area contributed by atoms with Gasteiger partial charge in [0.25, 0.3) is 0 Å². The van der Waals surface area contributed by atoms with Crippen LogP contribution in [0, 0.1) is 5.82 Å². The van der Waals surface area contributed by atoms with Gasteiger partial charge in [-0.2, -0.15) is 0 Å². The Bertz CT molecular complexity index is 1000. The maximum atomic E-state index is 13.5. The number of ether oxygens (including phenoxy) is 2. The van der Waals surface area contributed by atoms with Crippen LogP contribution in [-0.2, 0) is 23.9 Å². The average molecular weight is 476 g/mol. The molecule has 33 heavy (non-hydrogen) atoms. The molecule has 0 N–H and O–H groups in total. The van der Waals surface area contributed by atoms with Crippen molar-refractivity contribution in [1.29, 1.82) is 0 Å². The highest BCUT2D eigenvalue weighted by Gasteiger charge is 2.28. The molecule has 1 aromatic carbocycles. The largest absolute Gasteiger partial charge is 0.469 e. The lowest BCUT2D eigenvalue weighted by Crippen LogP contribution is -2.39. The third-order valence-electron chi connectivity index (χ3n) is 5.43. The lowest BCUT2D eigenvalue weighted by molar-refractivity contribution is -0.143. The fourth-order valence-corrected chi connectivity index (χ4v) is 4.34.